The Morgan fingerprint density at radius 2 is 1.75 bits per heavy atom. The van der Waals surface area contributed by atoms with Crippen LogP contribution in [0.4, 0.5) is 0 Å². The van der Waals surface area contributed by atoms with Crippen molar-refractivity contribution >= 4 is 28.3 Å². The molecule has 5 rings (SSSR count). The molecule has 2 aromatic carbocycles. The van der Waals surface area contributed by atoms with Crippen LogP contribution >= 0.6 is 11.6 Å². The van der Waals surface area contributed by atoms with E-state index in [0.717, 1.165) is 52.5 Å². The van der Waals surface area contributed by atoms with Gasteiger partial charge in [0.2, 0.25) is 11.5 Å². The fourth-order valence-electron chi connectivity index (χ4n) is 4.87. The largest absolute Gasteiger partial charge is 0.336 e. The van der Waals surface area contributed by atoms with Crippen LogP contribution in [0, 0.1) is 0 Å². The maximum atomic E-state index is 13.5. The Morgan fingerprint density at radius 1 is 0.944 bits per heavy atom. The highest BCUT2D eigenvalue weighted by Gasteiger charge is 2.34. The molecule has 1 aliphatic rings. The number of hydrogen-bond donors (Lipinski definition) is 1. The number of aromatic amines is 1. The van der Waals surface area contributed by atoms with Crippen LogP contribution in [0.2, 0.25) is 5.02 Å². The minimum absolute atomic E-state index is 0.115. The molecule has 1 atom stereocenters. The SMILES string of the molecule is CCC[C@H]1C(=O)N(Cc2ccc(-c3ccc(=O)[nH]c3)cc2)CCN1Cc1cc2ccc(Cl)cc2cn1. The number of carbonyl (C=O) groups excluding carboxylic acids is 1. The lowest BCUT2D eigenvalue weighted by Gasteiger charge is -2.40. The van der Waals surface area contributed by atoms with E-state index >= 15 is 0 Å². The third-order valence-electron chi connectivity index (χ3n) is 6.81. The van der Waals surface area contributed by atoms with Gasteiger partial charge in [-0.15, -0.1) is 0 Å². The average molecular weight is 501 g/mol. The first kappa shape index (κ1) is 24.2. The van der Waals surface area contributed by atoms with E-state index in [0.29, 0.717) is 24.7 Å². The van der Waals surface area contributed by atoms with Gasteiger partial charge in [0.25, 0.3) is 0 Å². The molecule has 36 heavy (non-hydrogen) atoms. The zero-order valence-electron chi connectivity index (χ0n) is 20.3. The van der Waals surface area contributed by atoms with Crippen LogP contribution in [0.1, 0.15) is 31.0 Å². The lowest BCUT2D eigenvalue weighted by Crippen LogP contribution is -2.56. The van der Waals surface area contributed by atoms with Crippen LogP contribution in [-0.2, 0) is 17.9 Å². The summed E-state index contributed by atoms with van der Waals surface area (Å²) in [6, 6.07) is 19.3. The Bertz CT molecular complexity index is 1410. The highest BCUT2D eigenvalue weighted by molar-refractivity contribution is 6.31. The third-order valence-corrected chi connectivity index (χ3v) is 7.04. The maximum Gasteiger partial charge on any atom is 0.247 e. The third kappa shape index (κ3) is 5.35. The van der Waals surface area contributed by atoms with Gasteiger partial charge in [-0.25, -0.2) is 0 Å². The first-order valence-electron chi connectivity index (χ1n) is 12.4. The molecule has 1 aliphatic heterocycles. The van der Waals surface area contributed by atoms with Crippen molar-refractivity contribution in [2.75, 3.05) is 13.1 Å². The second kappa shape index (κ2) is 10.6. The standard InChI is InChI=1S/C29H29ClN4O2/c1-2-3-27-29(36)34(18-20-4-6-21(7-5-20)23-9-11-28(35)32-16-23)13-12-33(27)19-26-15-22-8-10-25(30)14-24(22)17-31-26/h4-11,14-17,27H,2-3,12-13,18-19H2,1H3,(H,32,35)/t27-/m0/s1. The van der Waals surface area contributed by atoms with Crippen molar-refractivity contribution in [3.8, 4) is 11.1 Å². The van der Waals surface area contributed by atoms with E-state index in [1.165, 1.54) is 6.07 Å². The summed E-state index contributed by atoms with van der Waals surface area (Å²) in [6.45, 7) is 4.86. The number of halogens is 1. The highest BCUT2D eigenvalue weighted by Crippen LogP contribution is 2.24. The minimum atomic E-state index is -0.146. The first-order chi connectivity index (χ1) is 17.5. The summed E-state index contributed by atoms with van der Waals surface area (Å²) in [5.41, 5.74) is 3.93. The second-order valence-corrected chi connectivity index (χ2v) is 9.78. The molecule has 4 aromatic rings. The topological polar surface area (TPSA) is 69.3 Å². The quantitative estimate of drug-likeness (QED) is 0.376. The molecule has 2 aromatic heterocycles. The number of aromatic nitrogens is 2. The van der Waals surface area contributed by atoms with Gasteiger partial charge in [0.05, 0.1) is 11.7 Å². The van der Waals surface area contributed by atoms with Gasteiger partial charge >= 0.3 is 0 Å². The van der Waals surface area contributed by atoms with Gasteiger partial charge in [-0.3, -0.25) is 19.5 Å². The number of fused-ring (bicyclic) bond motifs is 1. The Kier molecular flexibility index (Phi) is 7.16. The van der Waals surface area contributed by atoms with E-state index in [-0.39, 0.29) is 17.5 Å². The van der Waals surface area contributed by atoms with Gasteiger partial charge in [0.1, 0.15) is 0 Å². The molecule has 0 bridgehead atoms. The molecule has 6 nitrogen and oxygen atoms in total. The number of nitrogens with one attached hydrogen (secondary N) is 1. The number of hydrogen-bond acceptors (Lipinski definition) is 4. The fraction of sp³-hybridized carbons (Fsp3) is 0.276. The summed E-state index contributed by atoms with van der Waals surface area (Å²) < 4.78 is 0. The lowest BCUT2D eigenvalue weighted by molar-refractivity contribution is -0.143. The number of pyridine rings is 2. The molecular weight excluding hydrogens is 472 g/mol. The summed E-state index contributed by atoms with van der Waals surface area (Å²) in [5.74, 6) is 0.181. The van der Waals surface area contributed by atoms with Gasteiger partial charge in [-0.1, -0.05) is 55.3 Å². The predicted molar refractivity (Wildman–Crippen MR) is 144 cm³/mol. The van der Waals surface area contributed by atoms with Gasteiger partial charge < -0.3 is 9.88 Å². The molecule has 1 amide bonds. The highest BCUT2D eigenvalue weighted by atomic mass is 35.5. The molecular formula is C29H29ClN4O2. The molecule has 7 heteroatoms. The zero-order chi connectivity index (χ0) is 25.1. The molecule has 184 valence electrons. The van der Waals surface area contributed by atoms with Crippen LogP contribution in [0.3, 0.4) is 0 Å². The van der Waals surface area contributed by atoms with E-state index in [9.17, 15) is 9.59 Å². The summed E-state index contributed by atoms with van der Waals surface area (Å²) in [6.07, 6.45) is 5.34. The van der Waals surface area contributed by atoms with Crippen molar-refractivity contribution in [3.63, 3.8) is 0 Å². The zero-order valence-corrected chi connectivity index (χ0v) is 21.0. The van der Waals surface area contributed by atoms with Crippen LogP contribution in [-0.4, -0.2) is 44.8 Å². The number of nitrogens with zero attached hydrogens (tertiary/aromatic N) is 3. The number of benzene rings is 2. The summed E-state index contributed by atoms with van der Waals surface area (Å²) >= 11 is 6.11. The van der Waals surface area contributed by atoms with Crippen molar-refractivity contribution in [2.24, 2.45) is 0 Å². The maximum absolute atomic E-state index is 13.5. The van der Waals surface area contributed by atoms with Crippen LogP contribution in [0.15, 0.2) is 77.9 Å². The van der Waals surface area contributed by atoms with Crippen molar-refractivity contribution in [2.45, 2.75) is 38.9 Å². The number of rotatable bonds is 7. The summed E-state index contributed by atoms with van der Waals surface area (Å²) in [5, 5.41) is 2.82. The van der Waals surface area contributed by atoms with E-state index < -0.39 is 0 Å². The lowest BCUT2D eigenvalue weighted by atomic mass is 10.0. The number of amides is 1. The molecule has 0 unspecified atom stereocenters. The second-order valence-electron chi connectivity index (χ2n) is 9.34. The Labute approximate surface area is 215 Å². The summed E-state index contributed by atoms with van der Waals surface area (Å²) in [4.78, 5) is 36.4. The van der Waals surface area contributed by atoms with Crippen molar-refractivity contribution in [1.82, 2.24) is 19.8 Å². The molecule has 1 saturated heterocycles. The first-order valence-corrected chi connectivity index (χ1v) is 12.7. The van der Waals surface area contributed by atoms with Gasteiger partial charge in [-0.2, -0.15) is 0 Å². The Hall–Kier alpha value is -3.48. The summed E-state index contributed by atoms with van der Waals surface area (Å²) in [7, 11) is 0. The van der Waals surface area contributed by atoms with Crippen LogP contribution in [0.25, 0.3) is 21.9 Å². The molecule has 0 spiro atoms. The Morgan fingerprint density at radius 3 is 2.50 bits per heavy atom. The molecule has 1 N–H and O–H groups in total. The molecule has 0 aliphatic carbocycles. The van der Waals surface area contributed by atoms with E-state index in [1.807, 2.05) is 47.5 Å². The Balaban J connectivity index is 1.27. The van der Waals surface area contributed by atoms with Crippen molar-refractivity contribution in [1.29, 1.82) is 0 Å². The molecule has 1 fully saturated rings. The minimum Gasteiger partial charge on any atom is -0.336 e. The van der Waals surface area contributed by atoms with Gasteiger partial charge in [-0.05, 0) is 52.8 Å². The van der Waals surface area contributed by atoms with Crippen LogP contribution in [0.5, 0.6) is 0 Å². The van der Waals surface area contributed by atoms with E-state index in [4.69, 9.17) is 11.6 Å². The normalized spacial score (nSPS) is 16.6. The van der Waals surface area contributed by atoms with Gasteiger partial charge in [0, 0.05) is 55.0 Å². The smallest absolute Gasteiger partial charge is 0.247 e. The number of H-pyrrole nitrogens is 1. The fourth-order valence-corrected chi connectivity index (χ4v) is 5.05. The number of carbonyl (C=O) groups is 1. The van der Waals surface area contributed by atoms with E-state index in [2.05, 4.69) is 40.0 Å². The van der Waals surface area contributed by atoms with E-state index in [1.54, 1.807) is 6.20 Å². The number of piperazine rings is 1. The average Bonchev–Trinajstić information content (AvgIpc) is 2.89. The molecule has 0 radical (unpaired) electrons. The van der Waals surface area contributed by atoms with Crippen molar-refractivity contribution in [3.05, 3.63) is 99.7 Å². The predicted octanol–water partition coefficient (Wildman–Crippen LogP) is 5.26. The molecule has 3 heterocycles. The molecule has 0 saturated carbocycles. The van der Waals surface area contributed by atoms with Crippen molar-refractivity contribution < 1.29 is 4.79 Å². The monoisotopic (exact) mass is 500 g/mol. The van der Waals surface area contributed by atoms with Gasteiger partial charge in [0.15, 0.2) is 0 Å². The van der Waals surface area contributed by atoms with Crippen LogP contribution < -0.4 is 5.56 Å².